The number of carbonyl (C=O) groups excluding carboxylic acids is 1. The number of primary amides is 1. The van der Waals surface area contributed by atoms with Crippen LogP contribution in [0.3, 0.4) is 0 Å². The van der Waals surface area contributed by atoms with Crippen LogP contribution in [-0.4, -0.2) is 11.9 Å². The highest BCUT2D eigenvalue weighted by Gasteiger charge is 2.27. The molecule has 2 unspecified atom stereocenters. The van der Waals surface area contributed by atoms with Crippen LogP contribution >= 0.6 is 0 Å². The van der Waals surface area contributed by atoms with Gasteiger partial charge in [-0.25, -0.2) is 0 Å². The third-order valence-electron chi connectivity index (χ3n) is 4.35. The van der Waals surface area contributed by atoms with E-state index in [9.17, 15) is 4.79 Å². The van der Waals surface area contributed by atoms with E-state index >= 15 is 0 Å². The van der Waals surface area contributed by atoms with Crippen molar-refractivity contribution < 1.29 is 4.79 Å². The molecule has 1 fully saturated rings. The molecule has 0 radical (unpaired) electrons. The van der Waals surface area contributed by atoms with Crippen LogP contribution in [0.1, 0.15) is 49.9 Å². The minimum atomic E-state index is -0.477. The van der Waals surface area contributed by atoms with Gasteiger partial charge in [0, 0.05) is 17.4 Å². The Morgan fingerprint density at radius 3 is 2.65 bits per heavy atom. The first-order valence-corrected chi connectivity index (χ1v) is 7.45. The van der Waals surface area contributed by atoms with Crippen molar-refractivity contribution in [2.75, 3.05) is 11.1 Å². The standard InChI is InChI=1S/C16H25N3O/c1-10(2)12-5-3-4-6-15(12)19-11-7-8-14(17)13(9-11)16(18)20/h7-10,12,15,19H,3-6,17H2,1-2H3,(H2,18,20). The van der Waals surface area contributed by atoms with Crippen molar-refractivity contribution in [3.63, 3.8) is 0 Å². The fourth-order valence-corrected chi connectivity index (χ4v) is 3.21. The zero-order valence-corrected chi connectivity index (χ0v) is 12.4. The molecular formula is C16H25N3O. The van der Waals surface area contributed by atoms with Gasteiger partial charge in [0.15, 0.2) is 0 Å². The van der Waals surface area contributed by atoms with Crippen molar-refractivity contribution in [2.24, 2.45) is 17.6 Å². The van der Waals surface area contributed by atoms with Crippen LogP contribution in [0.4, 0.5) is 11.4 Å². The number of nitrogen functional groups attached to an aromatic ring is 1. The monoisotopic (exact) mass is 275 g/mol. The van der Waals surface area contributed by atoms with Gasteiger partial charge in [-0.05, 0) is 42.9 Å². The highest BCUT2D eigenvalue weighted by Crippen LogP contribution is 2.32. The largest absolute Gasteiger partial charge is 0.398 e. The molecule has 1 aromatic rings. The van der Waals surface area contributed by atoms with Gasteiger partial charge in [-0.15, -0.1) is 0 Å². The summed E-state index contributed by atoms with van der Waals surface area (Å²) in [5.41, 5.74) is 12.9. The molecule has 0 spiro atoms. The molecule has 1 saturated carbocycles. The van der Waals surface area contributed by atoms with Crippen molar-refractivity contribution in [1.82, 2.24) is 0 Å². The van der Waals surface area contributed by atoms with Gasteiger partial charge in [0.05, 0.1) is 5.56 Å². The molecule has 2 rings (SSSR count). The normalized spacial score (nSPS) is 22.8. The minimum Gasteiger partial charge on any atom is -0.398 e. The lowest BCUT2D eigenvalue weighted by Crippen LogP contribution is -2.35. The van der Waals surface area contributed by atoms with E-state index in [-0.39, 0.29) is 0 Å². The molecule has 110 valence electrons. The molecule has 0 aromatic heterocycles. The molecule has 4 heteroatoms. The zero-order valence-electron chi connectivity index (χ0n) is 12.4. The summed E-state index contributed by atoms with van der Waals surface area (Å²) in [5.74, 6) is 0.866. The highest BCUT2D eigenvalue weighted by atomic mass is 16.1. The van der Waals surface area contributed by atoms with E-state index in [0.29, 0.717) is 29.1 Å². The van der Waals surface area contributed by atoms with E-state index < -0.39 is 5.91 Å². The number of carbonyl (C=O) groups is 1. The number of nitrogens with one attached hydrogen (secondary N) is 1. The highest BCUT2D eigenvalue weighted by molar-refractivity contribution is 5.98. The van der Waals surface area contributed by atoms with Crippen LogP contribution in [0.15, 0.2) is 18.2 Å². The number of benzene rings is 1. The Balaban J connectivity index is 2.16. The first-order chi connectivity index (χ1) is 9.49. The summed E-state index contributed by atoms with van der Waals surface area (Å²) in [6.07, 6.45) is 5.03. The first-order valence-electron chi connectivity index (χ1n) is 7.45. The smallest absolute Gasteiger partial charge is 0.250 e. The van der Waals surface area contributed by atoms with Gasteiger partial charge in [0.2, 0.25) is 0 Å². The maximum absolute atomic E-state index is 11.4. The SMILES string of the molecule is CC(C)C1CCCCC1Nc1ccc(N)c(C(N)=O)c1. The molecule has 0 saturated heterocycles. The third kappa shape index (κ3) is 3.24. The number of hydrogen-bond acceptors (Lipinski definition) is 3. The molecule has 0 heterocycles. The summed E-state index contributed by atoms with van der Waals surface area (Å²) in [7, 11) is 0. The molecule has 1 aliphatic carbocycles. The van der Waals surface area contributed by atoms with Gasteiger partial charge < -0.3 is 16.8 Å². The predicted molar refractivity (Wildman–Crippen MR) is 83.6 cm³/mol. The number of hydrogen-bond donors (Lipinski definition) is 3. The van der Waals surface area contributed by atoms with E-state index in [4.69, 9.17) is 11.5 Å². The van der Waals surface area contributed by atoms with Crippen LogP contribution in [0, 0.1) is 11.8 Å². The average Bonchev–Trinajstić information content (AvgIpc) is 2.41. The number of anilines is 2. The maximum atomic E-state index is 11.4. The third-order valence-corrected chi connectivity index (χ3v) is 4.35. The van der Waals surface area contributed by atoms with E-state index in [1.165, 1.54) is 25.7 Å². The van der Waals surface area contributed by atoms with Crippen molar-refractivity contribution in [3.05, 3.63) is 23.8 Å². The Morgan fingerprint density at radius 1 is 1.30 bits per heavy atom. The second kappa shape index (κ2) is 6.16. The number of nitrogens with two attached hydrogens (primary N) is 2. The fraction of sp³-hybridized carbons (Fsp3) is 0.562. The van der Waals surface area contributed by atoms with Crippen LogP contribution in [0.5, 0.6) is 0 Å². The van der Waals surface area contributed by atoms with Crippen molar-refractivity contribution in [2.45, 2.75) is 45.6 Å². The number of amides is 1. The van der Waals surface area contributed by atoms with Crippen molar-refractivity contribution in [3.8, 4) is 0 Å². The van der Waals surface area contributed by atoms with Crippen molar-refractivity contribution in [1.29, 1.82) is 0 Å². The average molecular weight is 275 g/mol. The van der Waals surface area contributed by atoms with Crippen LogP contribution in [-0.2, 0) is 0 Å². The zero-order chi connectivity index (χ0) is 14.7. The lowest BCUT2D eigenvalue weighted by atomic mass is 9.78. The summed E-state index contributed by atoms with van der Waals surface area (Å²) in [6.45, 7) is 4.56. The summed E-state index contributed by atoms with van der Waals surface area (Å²) >= 11 is 0. The molecule has 1 aromatic carbocycles. The predicted octanol–water partition coefficient (Wildman–Crippen LogP) is 2.99. The Hall–Kier alpha value is -1.71. The molecule has 5 N–H and O–H groups in total. The summed E-state index contributed by atoms with van der Waals surface area (Å²) < 4.78 is 0. The molecule has 20 heavy (non-hydrogen) atoms. The number of rotatable bonds is 4. The van der Waals surface area contributed by atoms with Crippen LogP contribution in [0.25, 0.3) is 0 Å². The minimum absolute atomic E-state index is 0.395. The van der Waals surface area contributed by atoms with Crippen molar-refractivity contribution >= 4 is 17.3 Å². The van der Waals surface area contributed by atoms with Crippen LogP contribution in [0.2, 0.25) is 0 Å². The maximum Gasteiger partial charge on any atom is 0.250 e. The van der Waals surface area contributed by atoms with Gasteiger partial charge in [0.1, 0.15) is 0 Å². The fourth-order valence-electron chi connectivity index (χ4n) is 3.21. The van der Waals surface area contributed by atoms with Gasteiger partial charge in [-0.2, -0.15) is 0 Å². The lowest BCUT2D eigenvalue weighted by Gasteiger charge is -2.35. The van der Waals surface area contributed by atoms with E-state index in [1.54, 1.807) is 12.1 Å². The van der Waals surface area contributed by atoms with E-state index in [0.717, 1.165) is 5.69 Å². The Labute approximate surface area is 120 Å². The second-order valence-electron chi connectivity index (χ2n) is 6.11. The molecular weight excluding hydrogens is 250 g/mol. The molecule has 0 aliphatic heterocycles. The lowest BCUT2D eigenvalue weighted by molar-refractivity contribution is 0.100. The van der Waals surface area contributed by atoms with Gasteiger partial charge in [0.25, 0.3) is 5.91 Å². The Bertz CT molecular complexity index is 485. The summed E-state index contributed by atoms with van der Waals surface area (Å²) in [6, 6.07) is 5.90. The quantitative estimate of drug-likeness (QED) is 0.739. The Morgan fingerprint density at radius 2 is 2.00 bits per heavy atom. The second-order valence-corrected chi connectivity index (χ2v) is 6.11. The Kier molecular flexibility index (Phi) is 4.53. The van der Waals surface area contributed by atoms with E-state index in [1.807, 2.05) is 6.07 Å². The van der Waals surface area contributed by atoms with E-state index in [2.05, 4.69) is 19.2 Å². The van der Waals surface area contributed by atoms with Gasteiger partial charge >= 0.3 is 0 Å². The topological polar surface area (TPSA) is 81.1 Å². The van der Waals surface area contributed by atoms with Gasteiger partial charge in [-0.1, -0.05) is 26.7 Å². The summed E-state index contributed by atoms with van der Waals surface area (Å²) in [4.78, 5) is 11.4. The molecule has 0 bridgehead atoms. The van der Waals surface area contributed by atoms with Gasteiger partial charge in [-0.3, -0.25) is 4.79 Å². The summed E-state index contributed by atoms with van der Waals surface area (Å²) in [5, 5.41) is 3.57. The molecule has 1 aliphatic rings. The molecule has 2 atom stereocenters. The van der Waals surface area contributed by atoms with Crippen LogP contribution < -0.4 is 16.8 Å². The molecule has 4 nitrogen and oxygen atoms in total. The first kappa shape index (κ1) is 14.7. The molecule has 1 amide bonds.